The van der Waals surface area contributed by atoms with E-state index in [0.717, 1.165) is 61.7 Å². The van der Waals surface area contributed by atoms with Gasteiger partial charge in [-0.25, -0.2) is 9.98 Å². The molecule has 2 aromatic carbocycles. The monoisotopic (exact) mass is 483 g/mol. The lowest BCUT2D eigenvalue weighted by atomic mass is 9.93. The van der Waals surface area contributed by atoms with Crippen molar-refractivity contribution in [2.45, 2.75) is 25.1 Å². The maximum absolute atomic E-state index is 9.81. The molecule has 2 unspecified atom stereocenters. The zero-order valence-corrected chi connectivity index (χ0v) is 20.1. The molecule has 0 bridgehead atoms. The van der Waals surface area contributed by atoms with E-state index < -0.39 is 0 Å². The summed E-state index contributed by atoms with van der Waals surface area (Å²) >= 11 is 0. The molecular weight excluding hydrogens is 454 g/mol. The van der Waals surface area contributed by atoms with Gasteiger partial charge in [0.05, 0.1) is 43.6 Å². The predicted octanol–water partition coefficient (Wildman–Crippen LogP) is 3.37. The molecule has 0 aliphatic carbocycles. The average molecular weight is 484 g/mol. The minimum atomic E-state index is -0.116. The zero-order valence-electron chi connectivity index (χ0n) is 20.1. The van der Waals surface area contributed by atoms with Crippen LogP contribution in [-0.2, 0) is 9.47 Å². The zero-order chi connectivity index (χ0) is 24.3. The summed E-state index contributed by atoms with van der Waals surface area (Å²) < 4.78 is 17.0. The van der Waals surface area contributed by atoms with Crippen LogP contribution in [0.4, 0.5) is 5.69 Å². The number of rotatable bonds is 5. The maximum atomic E-state index is 9.81. The second-order valence-electron chi connectivity index (χ2n) is 9.37. The van der Waals surface area contributed by atoms with Crippen LogP contribution in [-0.4, -0.2) is 63.8 Å². The van der Waals surface area contributed by atoms with Crippen molar-refractivity contribution in [1.82, 2.24) is 5.32 Å². The number of hydrogen-bond donors (Lipinski definition) is 1. The van der Waals surface area contributed by atoms with Crippen molar-refractivity contribution in [3.8, 4) is 11.8 Å². The van der Waals surface area contributed by atoms with E-state index in [2.05, 4.69) is 56.6 Å². The van der Waals surface area contributed by atoms with Gasteiger partial charge in [0, 0.05) is 37.3 Å². The normalized spacial score (nSPS) is 23.8. The fraction of sp³-hybridized carbons (Fsp3) is 0.393. The second kappa shape index (κ2) is 10.1. The van der Waals surface area contributed by atoms with Crippen molar-refractivity contribution in [3.63, 3.8) is 0 Å². The number of benzene rings is 2. The van der Waals surface area contributed by atoms with Gasteiger partial charge < -0.3 is 24.4 Å². The number of ether oxygens (including phenoxy) is 3. The van der Waals surface area contributed by atoms with E-state index in [4.69, 9.17) is 14.2 Å². The van der Waals surface area contributed by atoms with Gasteiger partial charge in [0.15, 0.2) is 0 Å². The third kappa shape index (κ3) is 4.60. The lowest BCUT2D eigenvalue weighted by Gasteiger charge is -2.29. The minimum Gasteiger partial charge on any atom is -0.489 e. The van der Waals surface area contributed by atoms with Crippen LogP contribution in [0.2, 0.25) is 0 Å². The Balaban J connectivity index is 1.21. The third-order valence-electron chi connectivity index (χ3n) is 7.14. The molecule has 0 radical (unpaired) electrons. The second-order valence-corrected chi connectivity index (χ2v) is 9.37. The van der Waals surface area contributed by atoms with Crippen LogP contribution in [0.15, 0.2) is 58.5 Å². The van der Waals surface area contributed by atoms with Crippen molar-refractivity contribution in [2.75, 3.05) is 44.4 Å². The van der Waals surface area contributed by atoms with Gasteiger partial charge in [0.25, 0.3) is 0 Å². The first kappa shape index (κ1) is 22.8. The number of nitriles is 1. The molecule has 2 aromatic rings. The molecule has 0 spiro atoms. The molecule has 36 heavy (non-hydrogen) atoms. The molecule has 0 aromatic heterocycles. The number of hydrogen-bond acceptors (Lipinski definition) is 8. The molecular formula is C28H29N5O3. The standard InChI is InChI=1S/C28H29N5O3/c29-17-21-15-20(3-6-26(21)36-23-7-11-34-12-8-23)27-24-16-25(32-28(24)31-18-30-27)19-1-4-22(5-2-19)33-9-13-35-14-10-33/h1-6,15-16,18,23-24,28,32H,7-14H2. The quantitative estimate of drug-likeness (QED) is 0.701. The Morgan fingerprint density at radius 1 is 0.972 bits per heavy atom. The predicted molar refractivity (Wildman–Crippen MR) is 139 cm³/mol. The van der Waals surface area contributed by atoms with E-state index in [-0.39, 0.29) is 18.2 Å². The van der Waals surface area contributed by atoms with E-state index in [0.29, 0.717) is 24.5 Å². The Kier molecular flexibility index (Phi) is 6.41. The van der Waals surface area contributed by atoms with E-state index >= 15 is 0 Å². The summed E-state index contributed by atoms with van der Waals surface area (Å²) in [6, 6.07) is 16.7. The Hall–Kier alpha value is -3.67. The maximum Gasteiger partial charge on any atom is 0.137 e. The van der Waals surface area contributed by atoms with E-state index in [1.165, 1.54) is 5.69 Å². The highest BCUT2D eigenvalue weighted by atomic mass is 16.5. The van der Waals surface area contributed by atoms with Crippen molar-refractivity contribution in [2.24, 2.45) is 15.9 Å². The van der Waals surface area contributed by atoms with E-state index in [1.807, 2.05) is 18.2 Å². The van der Waals surface area contributed by atoms with Crippen LogP contribution < -0.4 is 15.0 Å². The van der Waals surface area contributed by atoms with Gasteiger partial charge in [-0.3, -0.25) is 0 Å². The fourth-order valence-electron chi connectivity index (χ4n) is 5.15. The first-order chi connectivity index (χ1) is 17.8. The molecule has 4 heterocycles. The summed E-state index contributed by atoms with van der Waals surface area (Å²) in [5, 5.41) is 13.4. The van der Waals surface area contributed by atoms with Gasteiger partial charge in [-0.1, -0.05) is 12.1 Å². The van der Waals surface area contributed by atoms with Crippen molar-refractivity contribution in [1.29, 1.82) is 5.26 Å². The highest BCUT2D eigenvalue weighted by Crippen LogP contribution is 2.32. The highest BCUT2D eigenvalue weighted by molar-refractivity contribution is 6.09. The summed E-state index contributed by atoms with van der Waals surface area (Å²) in [7, 11) is 0. The molecule has 2 atom stereocenters. The van der Waals surface area contributed by atoms with Gasteiger partial charge >= 0.3 is 0 Å². The number of morpholine rings is 1. The van der Waals surface area contributed by atoms with Crippen LogP contribution >= 0.6 is 0 Å². The van der Waals surface area contributed by atoms with Crippen molar-refractivity contribution < 1.29 is 14.2 Å². The average Bonchev–Trinajstić information content (AvgIpc) is 3.39. The molecule has 8 nitrogen and oxygen atoms in total. The first-order valence-corrected chi connectivity index (χ1v) is 12.6. The van der Waals surface area contributed by atoms with Crippen molar-refractivity contribution in [3.05, 3.63) is 65.2 Å². The smallest absolute Gasteiger partial charge is 0.137 e. The van der Waals surface area contributed by atoms with Crippen LogP contribution in [0.3, 0.4) is 0 Å². The molecule has 184 valence electrons. The van der Waals surface area contributed by atoms with Crippen LogP contribution in [0, 0.1) is 17.2 Å². The van der Waals surface area contributed by atoms with E-state index in [1.54, 1.807) is 6.34 Å². The van der Waals surface area contributed by atoms with E-state index in [9.17, 15) is 5.26 Å². The Bertz CT molecular complexity index is 1230. The molecule has 8 heteroatoms. The molecule has 4 aliphatic rings. The Labute approximate surface area is 210 Å². The summed E-state index contributed by atoms with van der Waals surface area (Å²) in [6.45, 7) is 4.77. The topological polar surface area (TPSA) is 91.5 Å². The van der Waals surface area contributed by atoms with Gasteiger partial charge in [0.1, 0.15) is 30.4 Å². The highest BCUT2D eigenvalue weighted by Gasteiger charge is 2.33. The van der Waals surface area contributed by atoms with Crippen LogP contribution in [0.25, 0.3) is 5.70 Å². The number of nitrogens with zero attached hydrogens (tertiary/aromatic N) is 4. The summed E-state index contributed by atoms with van der Waals surface area (Å²) in [5.74, 6) is 0.605. The SMILES string of the molecule is N#Cc1cc(C2=NC=NC3NC(c4ccc(N5CCOCC5)cc4)=CC23)ccc1OC1CCOCC1. The van der Waals surface area contributed by atoms with Crippen LogP contribution in [0.1, 0.15) is 29.5 Å². The fourth-order valence-corrected chi connectivity index (χ4v) is 5.15. The molecule has 0 amide bonds. The molecule has 6 rings (SSSR count). The largest absolute Gasteiger partial charge is 0.489 e. The summed E-state index contributed by atoms with van der Waals surface area (Å²) in [5.41, 5.74) is 5.71. The van der Waals surface area contributed by atoms with Crippen molar-refractivity contribution >= 4 is 23.4 Å². The Morgan fingerprint density at radius 3 is 2.50 bits per heavy atom. The number of fused-ring (bicyclic) bond motifs is 1. The molecule has 4 aliphatic heterocycles. The number of aliphatic imine (C=N–C) groups is 2. The number of anilines is 1. The molecule has 1 N–H and O–H groups in total. The molecule has 2 fully saturated rings. The molecule has 0 saturated carbocycles. The van der Waals surface area contributed by atoms with Gasteiger partial charge in [-0.15, -0.1) is 0 Å². The van der Waals surface area contributed by atoms with Gasteiger partial charge in [-0.2, -0.15) is 5.26 Å². The first-order valence-electron chi connectivity index (χ1n) is 12.6. The lowest BCUT2D eigenvalue weighted by Crippen LogP contribution is -2.36. The summed E-state index contributed by atoms with van der Waals surface area (Å²) in [4.78, 5) is 11.5. The van der Waals surface area contributed by atoms with Crippen LogP contribution in [0.5, 0.6) is 5.75 Å². The number of nitrogens with one attached hydrogen (secondary N) is 1. The Morgan fingerprint density at radius 2 is 1.72 bits per heavy atom. The summed E-state index contributed by atoms with van der Waals surface area (Å²) in [6.07, 6.45) is 5.45. The minimum absolute atomic E-state index is 0.0160. The van der Waals surface area contributed by atoms with Gasteiger partial charge in [0.2, 0.25) is 0 Å². The molecule has 2 saturated heterocycles. The lowest BCUT2D eigenvalue weighted by molar-refractivity contribution is 0.0254. The third-order valence-corrected chi connectivity index (χ3v) is 7.14. The van der Waals surface area contributed by atoms with Gasteiger partial charge in [-0.05, 0) is 47.5 Å².